The van der Waals surface area contributed by atoms with Gasteiger partial charge in [-0.25, -0.2) is 0 Å². The number of unbranched alkanes of at least 4 members (excludes halogenated alkanes) is 7. The lowest BCUT2D eigenvalue weighted by Gasteiger charge is -2.37. The van der Waals surface area contributed by atoms with E-state index >= 15 is 0 Å². The van der Waals surface area contributed by atoms with Crippen molar-refractivity contribution in [2.45, 2.75) is 109 Å². The summed E-state index contributed by atoms with van der Waals surface area (Å²) in [5.74, 6) is 1.14. The largest absolute Gasteiger partial charge is 0.100 e. The molecule has 1 unspecified atom stereocenters. The Morgan fingerprint density at radius 2 is 1.38 bits per heavy atom. The summed E-state index contributed by atoms with van der Waals surface area (Å²) in [7, 11) is 0.365. The van der Waals surface area contributed by atoms with Gasteiger partial charge in [0.2, 0.25) is 0 Å². The van der Waals surface area contributed by atoms with Crippen molar-refractivity contribution < 1.29 is 0 Å². The van der Waals surface area contributed by atoms with Crippen LogP contribution in [0.4, 0.5) is 0 Å². The summed E-state index contributed by atoms with van der Waals surface area (Å²) in [4.78, 5) is 0. The van der Waals surface area contributed by atoms with Crippen LogP contribution in [0.25, 0.3) is 0 Å². The lowest BCUT2D eigenvalue weighted by Crippen LogP contribution is -2.22. The molecule has 0 spiro atoms. The average Bonchev–Trinajstić information content (AvgIpc) is 3.10. The highest BCUT2D eigenvalue weighted by atomic mass is 31.1. The second kappa shape index (κ2) is 9.54. The molecule has 2 rings (SSSR count). The second-order valence-electron chi connectivity index (χ2n) is 7.83. The van der Waals surface area contributed by atoms with Gasteiger partial charge in [0, 0.05) is 0 Å². The smallest absolute Gasteiger partial charge is 0.00916 e. The molecule has 0 aromatic carbocycles. The molecule has 0 nitrogen and oxygen atoms in total. The Morgan fingerprint density at radius 3 is 1.90 bits per heavy atom. The van der Waals surface area contributed by atoms with Crippen LogP contribution >= 0.6 is 7.92 Å². The van der Waals surface area contributed by atoms with Crippen molar-refractivity contribution in [1.82, 2.24) is 0 Å². The number of fused-ring (bicyclic) bond motifs is 2. The van der Waals surface area contributed by atoms with Gasteiger partial charge in [-0.15, -0.1) is 7.92 Å². The summed E-state index contributed by atoms with van der Waals surface area (Å²) >= 11 is 0. The number of hydrogen-bond donors (Lipinski definition) is 0. The predicted molar refractivity (Wildman–Crippen MR) is 98.9 cm³/mol. The van der Waals surface area contributed by atoms with E-state index in [0.717, 1.165) is 11.1 Å². The van der Waals surface area contributed by atoms with Crippen LogP contribution in [0.1, 0.15) is 104 Å². The molecule has 2 fully saturated rings. The maximum absolute atomic E-state index is 2.42. The molecule has 2 bridgehead atoms. The van der Waals surface area contributed by atoms with Gasteiger partial charge in [0.1, 0.15) is 0 Å². The Morgan fingerprint density at radius 1 is 0.762 bits per heavy atom. The van der Waals surface area contributed by atoms with E-state index in [4.69, 9.17) is 0 Å². The van der Waals surface area contributed by atoms with E-state index in [9.17, 15) is 0 Å². The Hall–Kier alpha value is 0.430. The average molecular weight is 311 g/mol. The minimum absolute atomic E-state index is 0.365. The Balaban J connectivity index is 1.60. The van der Waals surface area contributed by atoms with Crippen molar-refractivity contribution in [3.05, 3.63) is 0 Å². The topological polar surface area (TPSA) is 0 Å². The molecule has 1 heteroatoms. The molecule has 0 aliphatic heterocycles. The molecular formula is C20H39P. The summed E-state index contributed by atoms with van der Waals surface area (Å²) in [6, 6.07) is 0. The molecule has 0 aromatic rings. The standard InChI is InChI=1S/C20H39P/c1-3-5-6-7-8-9-10-11-17-21(16-4-2)20-14-12-19(18-20)13-15-20/h19H,3-18H2,1-2H3. The Bertz CT molecular complexity index is 265. The third-order valence-electron chi connectivity index (χ3n) is 6.15. The summed E-state index contributed by atoms with van der Waals surface area (Å²) in [5, 5.41) is 0.886. The highest BCUT2D eigenvalue weighted by Gasteiger charge is 2.48. The maximum Gasteiger partial charge on any atom is -0.00916 e. The van der Waals surface area contributed by atoms with Crippen LogP contribution in [0.15, 0.2) is 0 Å². The van der Waals surface area contributed by atoms with Gasteiger partial charge in [0.15, 0.2) is 0 Å². The molecule has 21 heavy (non-hydrogen) atoms. The first-order valence-corrected chi connectivity index (χ1v) is 11.8. The van der Waals surface area contributed by atoms with E-state index in [1.54, 1.807) is 50.8 Å². The van der Waals surface area contributed by atoms with E-state index in [1.807, 2.05) is 0 Å². The molecule has 0 heterocycles. The second-order valence-corrected chi connectivity index (χ2v) is 10.8. The first kappa shape index (κ1) is 17.8. The van der Waals surface area contributed by atoms with Crippen LogP contribution in [-0.2, 0) is 0 Å². The van der Waals surface area contributed by atoms with Crippen LogP contribution in [-0.4, -0.2) is 17.5 Å². The zero-order valence-corrected chi connectivity index (χ0v) is 15.7. The van der Waals surface area contributed by atoms with Gasteiger partial charge in [0.25, 0.3) is 0 Å². The highest BCUT2D eigenvalue weighted by molar-refractivity contribution is 7.59. The molecule has 124 valence electrons. The number of rotatable bonds is 12. The molecule has 2 aliphatic rings. The van der Waals surface area contributed by atoms with Gasteiger partial charge in [-0.2, -0.15) is 0 Å². The number of hydrogen-bond acceptors (Lipinski definition) is 0. The van der Waals surface area contributed by atoms with Gasteiger partial charge in [-0.1, -0.05) is 65.2 Å². The summed E-state index contributed by atoms with van der Waals surface area (Å²) in [5.41, 5.74) is 0. The first-order chi connectivity index (χ1) is 10.3. The lowest BCUT2D eigenvalue weighted by molar-refractivity contribution is 0.495. The molecule has 0 amide bonds. The molecule has 0 radical (unpaired) electrons. The van der Waals surface area contributed by atoms with Gasteiger partial charge >= 0.3 is 0 Å². The zero-order valence-electron chi connectivity index (χ0n) is 14.8. The van der Waals surface area contributed by atoms with Gasteiger partial charge in [-0.05, 0) is 61.9 Å². The van der Waals surface area contributed by atoms with Crippen LogP contribution < -0.4 is 0 Å². The third-order valence-corrected chi connectivity index (χ3v) is 9.96. The zero-order chi connectivity index (χ0) is 15.0. The van der Waals surface area contributed by atoms with Crippen molar-refractivity contribution in [2.24, 2.45) is 5.92 Å². The van der Waals surface area contributed by atoms with Crippen molar-refractivity contribution in [3.63, 3.8) is 0 Å². The molecule has 0 saturated heterocycles. The molecule has 0 aromatic heterocycles. The van der Waals surface area contributed by atoms with Crippen LogP contribution in [0.5, 0.6) is 0 Å². The first-order valence-electron chi connectivity index (χ1n) is 10.1. The summed E-state index contributed by atoms with van der Waals surface area (Å²) in [6.07, 6.45) is 24.5. The fourth-order valence-corrected chi connectivity index (χ4v) is 8.62. The van der Waals surface area contributed by atoms with E-state index in [2.05, 4.69) is 13.8 Å². The van der Waals surface area contributed by atoms with Crippen molar-refractivity contribution >= 4 is 7.92 Å². The fourth-order valence-electron chi connectivity index (χ4n) is 4.90. The Kier molecular flexibility index (Phi) is 8.08. The monoisotopic (exact) mass is 310 g/mol. The predicted octanol–water partition coefficient (Wildman–Crippen LogP) is 7.35. The van der Waals surface area contributed by atoms with Crippen molar-refractivity contribution in [2.75, 3.05) is 12.3 Å². The van der Waals surface area contributed by atoms with Crippen LogP contribution in [0, 0.1) is 5.92 Å². The van der Waals surface area contributed by atoms with E-state index < -0.39 is 0 Å². The van der Waals surface area contributed by atoms with Crippen LogP contribution in [0.3, 0.4) is 0 Å². The van der Waals surface area contributed by atoms with Gasteiger partial charge < -0.3 is 0 Å². The van der Waals surface area contributed by atoms with E-state index in [-0.39, 0.29) is 0 Å². The highest BCUT2D eigenvalue weighted by Crippen LogP contribution is 2.66. The molecule has 2 aliphatic carbocycles. The summed E-state index contributed by atoms with van der Waals surface area (Å²) < 4.78 is 0. The molecule has 1 atom stereocenters. The lowest BCUT2D eigenvalue weighted by atomic mass is 10.0. The van der Waals surface area contributed by atoms with Crippen LogP contribution in [0.2, 0.25) is 0 Å². The molecule has 2 saturated carbocycles. The summed E-state index contributed by atoms with van der Waals surface area (Å²) in [6.45, 7) is 4.73. The Labute approximate surface area is 135 Å². The van der Waals surface area contributed by atoms with Crippen molar-refractivity contribution in [1.29, 1.82) is 0 Å². The van der Waals surface area contributed by atoms with E-state index in [1.165, 1.54) is 51.4 Å². The minimum atomic E-state index is 0.365. The quantitative estimate of drug-likeness (QED) is 0.261. The molecule has 0 N–H and O–H groups in total. The maximum atomic E-state index is 2.42. The third kappa shape index (κ3) is 5.23. The van der Waals surface area contributed by atoms with Crippen molar-refractivity contribution in [3.8, 4) is 0 Å². The minimum Gasteiger partial charge on any atom is -0.100 e. The van der Waals surface area contributed by atoms with Gasteiger partial charge in [0.05, 0.1) is 0 Å². The van der Waals surface area contributed by atoms with Gasteiger partial charge in [-0.3, -0.25) is 0 Å². The fraction of sp³-hybridized carbons (Fsp3) is 1.00. The SMILES string of the molecule is CCCCCCCCCCP(CCC)C12CCC(CC1)C2. The molecular weight excluding hydrogens is 271 g/mol. The normalized spacial score (nSPS) is 29.1. The van der Waals surface area contributed by atoms with E-state index in [0.29, 0.717) is 7.92 Å².